The van der Waals surface area contributed by atoms with E-state index in [-0.39, 0.29) is 11.1 Å². The van der Waals surface area contributed by atoms with E-state index in [1.807, 2.05) is 0 Å². The summed E-state index contributed by atoms with van der Waals surface area (Å²) in [6.45, 7) is 20.8. The summed E-state index contributed by atoms with van der Waals surface area (Å²) in [5.41, 5.74) is 2.86. The molecule has 0 radical (unpaired) electrons. The Morgan fingerprint density at radius 3 is 2.14 bits per heavy atom. The highest BCUT2D eigenvalue weighted by molar-refractivity contribution is 6.74. The molecule has 1 aromatic rings. The highest BCUT2D eigenvalue weighted by atomic mass is 28.4. The third-order valence-corrected chi connectivity index (χ3v) is 11.6. The fourth-order valence-corrected chi connectivity index (χ4v) is 6.27. The first-order valence-corrected chi connectivity index (χ1v) is 17.2. The lowest BCUT2D eigenvalue weighted by Gasteiger charge is -2.43. The van der Waals surface area contributed by atoms with Crippen molar-refractivity contribution in [3.05, 3.63) is 47.2 Å². The van der Waals surface area contributed by atoms with Crippen LogP contribution in [0.25, 0.3) is 0 Å². The van der Waals surface area contributed by atoms with Crippen molar-refractivity contribution in [2.45, 2.75) is 97.3 Å². The number of hydrogen-bond acceptors (Lipinski definition) is 2. The fourth-order valence-electron chi connectivity index (χ4n) is 3.92. The molecule has 0 heterocycles. The van der Waals surface area contributed by atoms with Crippen molar-refractivity contribution in [2.24, 2.45) is 5.92 Å². The molecule has 4 heteroatoms. The van der Waals surface area contributed by atoms with Crippen LogP contribution in [-0.4, -0.2) is 22.7 Å². The van der Waals surface area contributed by atoms with Crippen LogP contribution in [-0.2, 0) is 15.3 Å². The predicted octanol–water partition coefficient (Wildman–Crippen LogP) is 7.55. The van der Waals surface area contributed by atoms with Gasteiger partial charge in [0, 0.05) is 0 Å². The van der Waals surface area contributed by atoms with Gasteiger partial charge in [0.2, 0.25) is 8.32 Å². The maximum absolute atomic E-state index is 6.98. The number of allylic oxidation sites excluding steroid dienone is 1. The minimum Gasteiger partial charge on any atom is -0.547 e. The minimum absolute atomic E-state index is 0.208. The monoisotopic (exact) mass is 418 g/mol. The van der Waals surface area contributed by atoms with Crippen molar-refractivity contribution in [1.29, 1.82) is 0 Å². The Morgan fingerprint density at radius 2 is 1.61 bits per heavy atom. The molecule has 0 aromatic heterocycles. The lowest BCUT2D eigenvalue weighted by atomic mass is 9.78. The second-order valence-electron chi connectivity index (χ2n) is 10.9. The second kappa shape index (κ2) is 8.89. The molecule has 0 saturated heterocycles. The predicted molar refractivity (Wildman–Crippen MR) is 127 cm³/mol. The van der Waals surface area contributed by atoms with Crippen LogP contribution in [0.5, 0.6) is 0 Å². The zero-order valence-corrected chi connectivity index (χ0v) is 21.7. The van der Waals surface area contributed by atoms with Crippen LogP contribution in [0.1, 0.15) is 52.5 Å². The first kappa shape index (κ1) is 23.4. The third-order valence-electron chi connectivity index (χ3n) is 6.24. The standard InChI is InChI=1S/C24H42O2Si2/c1-19(25-27(5,6)7)23-21(18-20-14-11-10-12-15-20)16-13-17-22(23)26-28(8,9)24(2,3)4/h10-12,14-15,21-22H,13,16-18H2,1-9H3/b23-19+/t21-,22+/m1/s1. The molecule has 2 nitrogen and oxygen atoms in total. The maximum atomic E-state index is 6.98. The van der Waals surface area contributed by atoms with Crippen molar-refractivity contribution in [3.8, 4) is 0 Å². The summed E-state index contributed by atoms with van der Waals surface area (Å²) in [6, 6.07) is 10.9. The molecule has 1 aliphatic carbocycles. The second-order valence-corrected chi connectivity index (χ2v) is 20.1. The first-order chi connectivity index (χ1) is 12.8. The molecule has 1 aliphatic rings. The van der Waals surface area contributed by atoms with Crippen LogP contribution in [0.4, 0.5) is 0 Å². The molecule has 0 amide bonds. The zero-order chi connectivity index (χ0) is 21.2. The van der Waals surface area contributed by atoms with Crippen LogP contribution in [0.2, 0.25) is 37.8 Å². The van der Waals surface area contributed by atoms with Gasteiger partial charge in [-0.15, -0.1) is 0 Å². The van der Waals surface area contributed by atoms with Gasteiger partial charge in [-0.25, -0.2) is 0 Å². The van der Waals surface area contributed by atoms with Gasteiger partial charge in [-0.1, -0.05) is 51.1 Å². The van der Waals surface area contributed by atoms with E-state index in [0.717, 1.165) is 18.6 Å². The Balaban J connectivity index is 2.38. The molecule has 0 unspecified atom stereocenters. The van der Waals surface area contributed by atoms with Gasteiger partial charge in [-0.05, 0) is 87.4 Å². The minimum atomic E-state index is -1.84. The average Bonchev–Trinajstić information content (AvgIpc) is 2.52. The zero-order valence-electron chi connectivity index (χ0n) is 19.7. The number of hydrogen-bond donors (Lipinski definition) is 0. The summed E-state index contributed by atoms with van der Waals surface area (Å²) in [6.07, 6.45) is 4.88. The molecular weight excluding hydrogens is 376 g/mol. The van der Waals surface area contributed by atoms with Gasteiger partial charge in [0.05, 0.1) is 11.9 Å². The molecule has 0 spiro atoms. The van der Waals surface area contributed by atoms with Gasteiger partial charge in [0.15, 0.2) is 8.32 Å². The molecule has 1 saturated carbocycles. The van der Waals surface area contributed by atoms with Gasteiger partial charge in [-0.3, -0.25) is 0 Å². The average molecular weight is 419 g/mol. The van der Waals surface area contributed by atoms with E-state index >= 15 is 0 Å². The Bertz CT molecular complexity index is 666. The molecule has 1 fully saturated rings. The van der Waals surface area contributed by atoms with E-state index < -0.39 is 16.6 Å². The molecule has 0 bridgehead atoms. The molecule has 2 atom stereocenters. The van der Waals surface area contributed by atoms with Crippen molar-refractivity contribution in [3.63, 3.8) is 0 Å². The summed E-state index contributed by atoms with van der Waals surface area (Å²) in [5.74, 6) is 1.66. The topological polar surface area (TPSA) is 18.5 Å². The lowest BCUT2D eigenvalue weighted by Crippen LogP contribution is -2.46. The Morgan fingerprint density at radius 1 is 1.00 bits per heavy atom. The van der Waals surface area contributed by atoms with Gasteiger partial charge in [0.25, 0.3) is 0 Å². The summed E-state index contributed by atoms with van der Waals surface area (Å²) in [4.78, 5) is 0. The maximum Gasteiger partial charge on any atom is 0.241 e. The smallest absolute Gasteiger partial charge is 0.241 e. The van der Waals surface area contributed by atoms with Gasteiger partial charge in [-0.2, -0.15) is 0 Å². The van der Waals surface area contributed by atoms with E-state index in [1.165, 1.54) is 24.0 Å². The highest BCUT2D eigenvalue weighted by Crippen LogP contribution is 2.43. The van der Waals surface area contributed by atoms with E-state index in [0.29, 0.717) is 5.92 Å². The largest absolute Gasteiger partial charge is 0.547 e. The normalized spacial score (nSPS) is 23.5. The number of rotatable bonds is 6. The van der Waals surface area contributed by atoms with E-state index in [9.17, 15) is 0 Å². The Kier molecular flexibility index (Phi) is 7.44. The van der Waals surface area contributed by atoms with Crippen LogP contribution in [0.3, 0.4) is 0 Å². The summed E-state index contributed by atoms with van der Waals surface area (Å²) in [5, 5.41) is 0.220. The van der Waals surface area contributed by atoms with E-state index in [2.05, 4.69) is 90.8 Å². The molecule has 0 N–H and O–H groups in total. The molecule has 158 valence electrons. The van der Waals surface area contributed by atoms with Gasteiger partial charge >= 0.3 is 0 Å². The summed E-state index contributed by atoms with van der Waals surface area (Å²) in [7, 11) is -3.49. The molecular formula is C24H42O2Si2. The number of benzene rings is 1. The lowest BCUT2D eigenvalue weighted by molar-refractivity contribution is 0.157. The summed E-state index contributed by atoms with van der Waals surface area (Å²) >= 11 is 0. The van der Waals surface area contributed by atoms with E-state index in [1.54, 1.807) is 0 Å². The third kappa shape index (κ3) is 6.33. The molecule has 2 rings (SSSR count). The Hall–Kier alpha value is -0.846. The van der Waals surface area contributed by atoms with Gasteiger partial charge in [0.1, 0.15) is 0 Å². The van der Waals surface area contributed by atoms with Crippen molar-refractivity contribution >= 4 is 16.6 Å². The van der Waals surface area contributed by atoms with E-state index in [4.69, 9.17) is 8.85 Å². The molecule has 1 aromatic carbocycles. The first-order valence-electron chi connectivity index (χ1n) is 10.9. The summed E-state index contributed by atoms with van der Waals surface area (Å²) < 4.78 is 13.5. The SMILES string of the molecule is C/C(O[Si](C)(C)C)=C1/[C@@H](Cc2ccccc2)CCC[C@@H]1O[Si](C)(C)C(C)(C)C. The molecule has 0 aliphatic heterocycles. The fraction of sp³-hybridized carbons (Fsp3) is 0.667. The van der Waals surface area contributed by atoms with Crippen LogP contribution < -0.4 is 0 Å². The van der Waals surface area contributed by atoms with Crippen LogP contribution in [0, 0.1) is 5.92 Å². The molecule has 28 heavy (non-hydrogen) atoms. The quantitative estimate of drug-likeness (QED) is 0.351. The Labute approximate surface area is 176 Å². The van der Waals surface area contributed by atoms with Gasteiger partial charge < -0.3 is 8.85 Å². The van der Waals surface area contributed by atoms with Crippen LogP contribution in [0.15, 0.2) is 41.7 Å². The van der Waals surface area contributed by atoms with Crippen molar-refractivity contribution in [2.75, 3.05) is 0 Å². The highest BCUT2D eigenvalue weighted by Gasteiger charge is 2.42. The van der Waals surface area contributed by atoms with Crippen molar-refractivity contribution in [1.82, 2.24) is 0 Å². The van der Waals surface area contributed by atoms with Crippen LogP contribution >= 0.6 is 0 Å². The van der Waals surface area contributed by atoms with Crippen molar-refractivity contribution < 1.29 is 8.85 Å².